The minimum absolute atomic E-state index is 0.358. The molecule has 1 N–H and O–H groups in total. The molecule has 0 atom stereocenters. The van der Waals surface area contributed by atoms with Crippen molar-refractivity contribution in [3.63, 3.8) is 0 Å². The molecule has 1 nitrogen and oxygen atoms in total. The molecule has 4 heteroatoms. The Labute approximate surface area is 45.1 Å². The summed E-state index contributed by atoms with van der Waals surface area (Å²) in [5, 5.41) is 7.99. The van der Waals surface area contributed by atoms with Gasteiger partial charge < -0.3 is 5.11 Å². The normalized spacial score (nSPS) is 12.8. The van der Waals surface area contributed by atoms with Crippen LogP contribution in [0.1, 0.15) is 13.3 Å². The van der Waals surface area contributed by atoms with Crippen LogP contribution in [0.15, 0.2) is 0 Å². The smallest absolute Gasteiger partial charge is 0.378 e. The summed E-state index contributed by atoms with van der Waals surface area (Å²) in [4.78, 5) is 0. The number of alkyl halides is 3. The number of rotatable bonds is 1. The van der Waals surface area contributed by atoms with Crippen LogP contribution in [0, 0.1) is 6.10 Å². The minimum Gasteiger partial charge on any atom is -0.378 e. The van der Waals surface area contributed by atoms with Crippen molar-refractivity contribution < 1.29 is 18.3 Å². The second-order valence-corrected chi connectivity index (χ2v) is 1.30. The summed E-state index contributed by atoms with van der Waals surface area (Å²) >= 11 is 0. The molecule has 0 bridgehead atoms. The Morgan fingerprint density at radius 3 is 1.88 bits per heavy atom. The first-order valence-electron chi connectivity index (χ1n) is 2.10. The molecule has 49 valence electrons. The van der Waals surface area contributed by atoms with Gasteiger partial charge in [0.2, 0.25) is 0 Å². The van der Waals surface area contributed by atoms with Gasteiger partial charge in [-0.15, -0.1) is 0 Å². The zero-order valence-corrected chi connectivity index (χ0v) is 4.29. The quantitative estimate of drug-likeness (QED) is 0.570. The first kappa shape index (κ1) is 7.75. The Hall–Kier alpha value is -0.250. The van der Waals surface area contributed by atoms with Crippen molar-refractivity contribution in [2.75, 3.05) is 0 Å². The van der Waals surface area contributed by atoms with Crippen LogP contribution in [-0.2, 0) is 0 Å². The molecular formula is C4H6F3O. The van der Waals surface area contributed by atoms with Gasteiger partial charge in [0.1, 0.15) is 0 Å². The molecule has 0 aromatic carbocycles. The molecule has 0 aliphatic heterocycles. The maximum absolute atomic E-state index is 11.2. The molecule has 0 aliphatic rings. The Morgan fingerprint density at radius 2 is 1.88 bits per heavy atom. The van der Waals surface area contributed by atoms with Crippen molar-refractivity contribution in [3.05, 3.63) is 6.10 Å². The number of hydrogen-bond donors (Lipinski definition) is 1. The van der Waals surface area contributed by atoms with E-state index in [0.29, 0.717) is 0 Å². The van der Waals surface area contributed by atoms with Crippen LogP contribution in [-0.4, -0.2) is 11.3 Å². The van der Waals surface area contributed by atoms with Crippen molar-refractivity contribution in [1.29, 1.82) is 0 Å². The van der Waals surface area contributed by atoms with E-state index in [4.69, 9.17) is 5.11 Å². The summed E-state index contributed by atoms with van der Waals surface area (Å²) in [6.45, 7) is 1.24. The average Bonchev–Trinajstić information content (AvgIpc) is 1.62. The van der Waals surface area contributed by atoms with Crippen LogP contribution in [0.5, 0.6) is 0 Å². The highest BCUT2D eigenvalue weighted by molar-refractivity contribution is 4.82. The lowest BCUT2D eigenvalue weighted by Gasteiger charge is -2.08. The Morgan fingerprint density at radius 1 is 1.50 bits per heavy atom. The third-order valence-corrected chi connectivity index (χ3v) is 0.662. The molecule has 0 unspecified atom stereocenters. The first-order valence-corrected chi connectivity index (χ1v) is 2.10. The van der Waals surface area contributed by atoms with E-state index in [-0.39, 0.29) is 6.42 Å². The van der Waals surface area contributed by atoms with Crippen LogP contribution in [0.3, 0.4) is 0 Å². The topological polar surface area (TPSA) is 20.2 Å². The predicted molar refractivity (Wildman–Crippen MR) is 21.5 cm³/mol. The molecule has 0 fully saturated rings. The molecule has 0 saturated carbocycles. The summed E-state index contributed by atoms with van der Waals surface area (Å²) < 4.78 is 33.5. The highest BCUT2D eigenvalue weighted by atomic mass is 19.4. The van der Waals surface area contributed by atoms with Gasteiger partial charge >= 0.3 is 6.18 Å². The molecule has 0 amide bonds. The molecule has 0 spiro atoms. The first-order chi connectivity index (χ1) is 3.48. The van der Waals surface area contributed by atoms with Gasteiger partial charge in [-0.05, 0) is 6.42 Å². The number of hydrogen-bond acceptors (Lipinski definition) is 1. The van der Waals surface area contributed by atoms with Crippen LogP contribution in [0.25, 0.3) is 0 Å². The molecular weight excluding hydrogens is 121 g/mol. The summed E-state index contributed by atoms with van der Waals surface area (Å²) in [6.07, 6.45) is -6.30. The second kappa shape index (κ2) is 2.35. The maximum Gasteiger partial charge on any atom is 0.420 e. The Kier molecular flexibility index (Phi) is 2.27. The van der Waals surface area contributed by atoms with E-state index < -0.39 is 12.3 Å². The minimum atomic E-state index is -4.52. The van der Waals surface area contributed by atoms with E-state index in [2.05, 4.69) is 0 Å². The van der Waals surface area contributed by atoms with Crippen LogP contribution < -0.4 is 0 Å². The van der Waals surface area contributed by atoms with Crippen molar-refractivity contribution in [1.82, 2.24) is 0 Å². The molecule has 0 aliphatic carbocycles. The molecule has 1 radical (unpaired) electrons. The van der Waals surface area contributed by atoms with E-state index >= 15 is 0 Å². The molecule has 8 heavy (non-hydrogen) atoms. The number of aliphatic hydroxyl groups excluding tert-OH is 1. The fourth-order valence-corrected chi connectivity index (χ4v) is 0.200. The third-order valence-electron chi connectivity index (χ3n) is 0.662. The van der Waals surface area contributed by atoms with Crippen molar-refractivity contribution in [2.24, 2.45) is 0 Å². The monoisotopic (exact) mass is 127 g/mol. The number of halogens is 3. The van der Waals surface area contributed by atoms with Crippen molar-refractivity contribution in [3.8, 4) is 0 Å². The zero-order valence-electron chi connectivity index (χ0n) is 4.29. The van der Waals surface area contributed by atoms with E-state index in [0.717, 1.165) is 0 Å². The van der Waals surface area contributed by atoms with Gasteiger partial charge in [-0.25, -0.2) is 0 Å². The lowest BCUT2D eigenvalue weighted by Crippen LogP contribution is -2.18. The summed E-state index contributed by atoms with van der Waals surface area (Å²) in [6, 6.07) is 0. The van der Waals surface area contributed by atoms with Gasteiger partial charge in [0, 0.05) is 0 Å². The zero-order chi connectivity index (χ0) is 6.78. The fraction of sp³-hybridized carbons (Fsp3) is 0.750. The van der Waals surface area contributed by atoms with Gasteiger partial charge in [0.25, 0.3) is 0 Å². The van der Waals surface area contributed by atoms with Gasteiger partial charge in [0.15, 0.2) is 6.10 Å². The van der Waals surface area contributed by atoms with E-state index in [1.807, 2.05) is 0 Å². The molecule has 0 saturated heterocycles. The van der Waals surface area contributed by atoms with Gasteiger partial charge in [-0.2, -0.15) is 13.2 Å². The largest absolute Gasteiger partial charge is 0.420 e. The Bertz CT molecular complexity index is 68.2. The molecule has 0 aromatic heterocycles. The van der Waals surface area contributed by atoms with E-state index in [1.165, 1.54) is 6.92 Å². The maximum atomic E-state index is 11.2. The van der Waals surface area contributed by atoms with Crippen LogP contribution in [0.4, 0.5) is 13.2 Å². The highest BCUT2D eigenvalue weighted by Crippen LogP contribution is 2.27. The lowest BCUT2D eigenvalue weighted by molar-refractivity contribution is -0.155. The summed E-state index contributed by atoms with van der Waals surface area (Å²) in [7, 11) is 0. The molecule has 0 rings (SSSR count). The average molecular weight is 127 g/mol. The summed E-state index contributed by atoms with van der Waals surface area (Å²) in [5.41, 5.74) is 0. The predicted octanol–water partition coefficient (Wildman–Crippen LogP) is 1.86. The third kappa shape index (κ3) is 2.16. The van der Waals surface area contributed by atoms with E-state index in [1.54, 1.807) is 0 Å². The van der Waals surface area contributed by atoms with Crippen molar-refractivity contribution >= 4 is 0 Å². The standard InChI is InChI=1S/C4H6F3O/c1-2-3(8)4(5,6)7/h8H,2H2,1H3. The van der Waals surface area contributed by atoms with Crippen LogP contribution in [0.2, 0.25) is 0 Å². The van der Waals surface area contributed by atoms with Gasteiger partial charge in [0.05, 0.1) is 0 Å². The SMILES string of the molecule is CC[C](O)C(F)(F)F. The van der Waals surface area contributed by atoms with Gasteiger partial charge in [-0.1, -0.05) is 6.92 Å². The lowest BCUT2D eigenvalue weighted by atomic mass is 10.3. The molecule has 0 heterocycles. The fourth-order valence-electron chi connectivity index (χ4n) is 0.200. The van der Waals surface area contributed by atoms with Crippen LogP contribution >= 0.6 is 0 Å². The van der Waals surface area contributed by atoms with Crippen molar-refractivity contribution in [2.45, 2.75) is 19.5 Å². The summed E-state index contributed by atoms with van der Waals surface area (Å²) in [5.74, 6) is 0. The van der Waals surface area contributed by atoms with Gasteiger partial charge in [-0.3, -0.25) is 0 Å². The number of aliphatic hydroxyl groups is 1. The Balaban J connectivity index is 3.62. The second-order valence-electron chi connectivity index (χ2n) is 1.30. The van der Waals surface area contributed by atoms with E-state index in [9.17, 15) is 13.2 Å². The molecule has 0 aromatic rings. The highest BCUT2D eigenvalue weighted by Gasteiger charge is 2.37.